The van der Waals surface area contributed by atoms with Crippen LogP contribution >= 0.6 is 0 Å². The summed E-state index contributed by atoms with van der Waals surface area (Å²) in [6.45, 7) is 0.185. The second-order valence-corrected chi connectivity index (χ2v) is 9.57. The summed E-state index contributed by atoms with van der Waals surface area (Å²) in [4.78, 5) is 9.56. The van der Waals surface area contributed by atoms with Crippen LogP contribution in [-0.4, -0.2) is 40.9 Å². The van der Waals surface area contributed by atoms with Crippen LogP contribution in [-0.2, 0) is 6.61 Å². The first-order valence-electron chi connectivity index (χ1n) is 13.1. The molecule has 3 heterocycles. The molecule has 204 valence electrons. The number of rotatable bonds is 7. The summed E-state index contributed by atoms with van der Waals surface area (Å²) < 4.78 is 30.5. The lowest BCUT2D eigenvalue weighted by Gasteiger charge is -2.29. The molecule has 0 aliphatic carbocycles. The highest BCUT2D eigenvalue weighted by Gasteiger charge is 2.35. The minimum absolute atomic E-state index is 0.185. The average molecular weight is 547 g/mol. The van der Waals surface area contributed by atoms with Crippen LogP contribution in [0.4, 0.5) is 0 Å². The van der Waals surface area contributed by atoms with Gasteiger partial charge >= 0.3 is 0 Å². The Morgan fingerprint density at radius 2 is 1.61 bits per heavy atom. The van der Waals surface area contributed by atoms with E-state index >= 15 is 0 Å². The van der Waals surface area contributed by atoms with E-state index in [1.54, 1.807) is 32.2 Å². The molecule has 2 aromatic heterocycles. The Morgan fingerprint density at radius 1 is 0.805 bits per heavy atom. The lowest BCUT2D eigenvalue weighted by atomic mass is 9.81. The molecule has 0 fully saturated rings. The fourth-order valence-corrected chi connectivity index (χ4v) is 5.40. The number of benzene rings is 4. The molecule has 0 saturated carbocycles. The minimum Gasteiger partial charge on any atom is -0.497 e. The highest BCUT2D eigenvalue weighted by atomic mass is 16.5. The lowest BCUT2D eigenvalue weighted by Crippen LogP contribution is -2.15. The number of methoxy groups -OCH3 is 3. The number of hydrogen-bond donors (Lipinski definition) is 0. The zero-order valence-electron chi connectivity index (χ0n) is 22.7. The third-order valence-corrected chi connectivity index (χ3v) is 7.31. The van der Waals surface area contributed by atoms with Gasteiger partial charge < -0.3 is 23.7 Å². The molecule has 1 aliphatic heterocycles. The Hall–Kier alpha value is -5.31. The standard InChI is InChI=1S/C32H26N4O5/c1-37-21-10-12-22(13-11-21)40-17-27-34-31-30-28(20-9-14-24(38-2)26(16-20)39-3)29-23-7-5-4-6-19(23)8-15-25(29)41-32(30)33-18-36(31)35-27/h4-16,18,28H,17H2,1-3H3/t28-/m1/s1. The van der Waals surface area contributed by atoms with Gasteiger partial charge in [-0.05, 0) is 58.8 Å². The maximum Gasteiger partial charge on any atom is 0.228 e. The molecule has 9 heteroatoms. The van der Waals surface area contributed by atoms with Crippen molar-refractivity contribution in [3.05, 3.63) is 108 Å². The van der Waals surface area contributed by atoms with Crippen molar-refractivity contribution in [2.24, 2.45) is 0 Å². The molecule has 6 aromatic rings. The SMILES string of the molecule is COc1ccc(OCc2nc3c4c(ncn3n2)Oc2ccc3ccccc3c2[C@H]4c2ccc(OC)c(OC)c2)cc1. The highest BCUT2D eigenvalue weighted by Crippen LogP contribution is 2.51. The largest absolute Gasteiger partial charge is 0.497 e. The van der Waals surface area contributed by atoms with Crippen molar-refractivity contribution in [3.63, 3.8) is 0 Å². The van der Waals surface area contributed by atoms with Crippen molar-refractivity contribution in [1.29, 1.82) is 0 Å². The highest BCUT2D eigenvalue weighted by molar-refractivity contribution is 5.91. The first-order chi connectivity index (χ1) is 20.2. The van der Waals surface area contributed by atoms with Gasteiger partial charge in [-0.25, -0.2) is 14.5 Å². The van der Waals surface area contributed by atoms with E-state index in [-0.39, 0.29) is 12.5 Å². The van der Waals surface area contributed by atoms with Crippen molar-refractivity contribution in [2.45, 2.75) is 12.5 Å². The fourth-order valence-electron chi connectivity index (χ4n) is 5.40. The molecular formula is C32H26N4O5. The first-order valence-corrected chi connectivity index (χ1v) is 13.1. The van der Waals surface area contributed by atoms with E-state index in [1.807, 2.05) is 60.7 Å². The molecule has 0 amide bonds. The first kappa shape index (κ1) is 24.7. The van der Waals surface area contributed by atoms with E-state index < -0.39 is 0 Å². The second kappa shape index (κ2) is 10.0. The third kappa shape index (κ3) is 4.22. The van der Waals surface area contributed by atoms with E-state index in [0.29, 0.717) is 34.6 Å². The predicted octanol–water partition coefficient (Wildman–Crippen LogP) is 6.17. The van der Waals surface area contributed by atoms with Gasteiger partial charge in [0.2, 0.25) is 5.88 Å². The maximum atomic E-state index is 6.42. The quantitative estimate of drug-likeness (QED) is 0.235. The summed E-state index contributed by atoms with van der Waals surface area (Å²) >= 11 is 0. The number of nitrogens with zero attached hydrogens (tertiary/aromatic N) is 4. The van der Waals surface area contributed by atoms with Gasteiger partial charge in [0, 0.05) is 11.5 Å². The van der Waals surface area contributed by atoms with Gasteiger partial charge in [-0.1, -0.05) is 36.4 Å². The summed E-state index contributed by atoms with van der Waals surface area (Å²) in [6, 6.07) is 25.7. The monoisotopic (exact) mass is 546 g/mol. The van der Waals surface area contributed by atoms with Crippen molar-refractivity contribution < 1.29 is 23.7 Å². The minimum atomic E-state index is -0.268. The summed E-state index contributed by atoms with van der Waals surface area (Å²) in [5, 5.41) is 6.86. The van der Waals surface area contributed by atoms with E-state index in [9.17, 15) is 0 Å². The van der Waals surface area contributed by atoms with Crippen LogP contribution in [0.2, 0.25) is 0 Å². The molecule has 41 heavy (non-hydrogen) atoms. The number of ether oxygens (including phenoxy) is 5. The summed E-state index contributed by atoms with van der Waals surface area (Å²) in [5.41, 5.74) is 3.46. The molecular weight excluding hydrogens is 520 g/mol. The Balaban J connectivity index is 1.38. The van der Waals surface area contributed by atoms with E-state index in [4.69, 9.17) is 28.7 Å². The topological polar surface area (TPSA) is 89.2 Å². The van der Waals surface area contributed by atoms with Gasteiger partial charge in [-0.2, -0.15) is 0 Å². The lowest BCUT2D eigenvalue weighted by molar-refractivity contribution is 0.295. The Bertz CT molecular complexity index is 1900. The Kier molecular flexibility index (Phi) is 6.04. The van der Waals surface area contributed by atoms with Crippen LogP contribution in [0.15, 0.2) is 85.2 Å². The molecule has 0 N–H and O–H groups in total. The van der Waals surface area contributed by atoms with E-state index in [0.717, 1.165) is 39.0 Å². The summed E-state index contributed by atoms with van der Waals surface area (Å²) in [6.07, 6.45) is 1.62. The van der Waals surface area contributed by atoms with Crippen LogP contribution < -0.4 is 23.7 Å². The average Bonchev–Trinajstić information content (AvgIpc) is 3.46. The van der Waals surface area contributed by atoms with Gasteiger partial charge in [0.1, 0.15) is 30.2 Å². The second-order valence-electron chi connectivity index (χ2n) is 9.57. The number of aromatic nitrogens is 4. The Labute approximate surface area is 235 Å². The molecule has 0 radical (unpaired) electrons. The molecule has 0 saturated heterocycles. The van der Waals surface area contributed by atoms with Gasteiger partial charge in [0.05, 0.1) is 26.9 Å². The molecule has 1 atom stereocenters. The third-order valence-electron chi connectivity index (χ3n) is 7.31. The smallest absolute Gasteiger partial charge is 0.228 e. The fraction of sp³-hybridized carbons (Fsp3) is 0.156. The summed E-state index contributed by atoms with van der Waals surface area (Å²) in [7, 11) is 4.89. The molecule has 0 bridgehead atoms. The number of fused-ring (bicyclic) bond motifs is 6. The van der Waals surface area contributed by atoms with Crippen molar-refractivity contribution in [3.8, 4) is 34.6 Å². The van der Waals surface area contributed by atoms with Crippen molar-refractivity contribution in [2.75, 3.05) is 21.3 Å². The van der Waals surface area contributed by atoms with E-state index in [1.165, 1.54) is 0 Å². The van der Waals surface area contributed by atoms with Crippen LogP contribution in [0, 0.1) is 0 Å². The van der Waals surface area contributed by atoms with Gasteiger partial charge in [0.25, 0.3) is 0 Å². The van der Waals surface area contributed by atoms with E-state index in [2.05, 4.69) is 28.3 Å². The maximum absolute atomic E-state index is 6.42. The Morgan fingerprint density at radius 3 is 2.41 bits per heavy atom. The zero-order chi connectivity index (χ0) is 27.9. The molecule has 4 aromatic carbocycles. The van der Waals surface area contributed by atoms with Gasteiger partial charge in [-0.3, -0.25) is 0 Å². The van der Waals surface area contributed by atoms with Crippen molar-refractivity contribution in [1.82, 2.24) is 19.6 Å². The molecule has 0 spiro atoms. The van der Waals surface area contributed by atoms with Crippen LogP contribution in [0.3, 0.4) is 0 Å². The van der Waals surface area contributed by atoms with Crippen LogP contribution in [0.25, 0.3) is 16.4 Å². The summed E-state index contributed by atoms with van der Waals surface area (Å²) in [5.74, 6) is 4.21. The van der Waals surface area contributed by atoms with Crippen LogP contribution in [0.1, 0.15) is 28.4 Å². The normalized spacial score (nSPS) is 13.8. The van der Waals surface area contributed by atoms with Crippen LogP contribution in [0.5, 0.6) is 34.6 Å². The predicted molar refractivity (Wildman–Crippen MR) is 153 cm³/mol. The van der Waals surface area contributed by atoms with Gasteiger partial charge in [-0.15, -0.1) is 5.10 Å². The molecule has 1 aliphatic rings. The van der Waals surface area contributed by atoms with Crippen molar-refractivity contribution >= 4 is 16.4 Å². The molecule has 0 unspecified atom stereocenters. The zero-order valence-corrected chi connectivity index (χ0v) is 22.7. The number of hydrogen-bond acceptors (Lipinski definition) is 8. The molecule has 9 nitrogen and oxygen atoms in total. The van der Waals surface area contributed by atoms with Gasteiger partial charge in [0.15, 0.2) is 23.0 Å². The molecule has 7 rings (SSSR count).